The monoisotopic (exact) mass is 259 g/mol. The Kier molecular flexibility index (Phi) is 2.52. The van der Waals surface area contributed by atoms with E-state index in [4.69, 9.17) is 0 Å². The SMILES string of the molecule is O=C1c2ccc(F)cc2CC1C1NCC2CCCC21. The van der Waals surface area contributed by atoms with Gasteiger partial charge in [0.15, 0.2) is 5.78 Å². The molecule has 2 nitrogen and oxygen atoms in total. The summed E-state index contributed by atoms with van der Waals surface area (Å²) in [6, 6.07) is 4.91. The lowest BCUT2D eigenvalue weighted by molar-refractivity contribution is 0.0897. The van der Waals surface area contributed by atoms with Gasteiger partial charge in [0.1, 0.15) is 5.82 Å². The van der Waals surface area contributed by atoms with Gasteiger partial charge in [0.25, 0.3) is 0 Å². The zero-order valence-electron chi connectivity index (χ0n) is 10.9. The molecule has 3 aliphatic rings. The van der Waals surface area contributed by atoms with Crippen LogP contribution in [0.4, 0.5) is 4.39 Å². The summed E-state index contributed by atoms with van der Waals surface area (Å²) in [5, 5.41) is 3.57. The average molecular weight is 259 g/mol. The Balaban J connectivity index is 1.63. The lowest BCUT2D eigenvalue weighted by Gasteiger charge is -2.23. The van der Waals surface area contributed by atoms with Gasteiger partial charge in [-0.25, -0.2) is 4.39 Å². The zero-order chi connectivity index (χ0) is 13.0. The molecule has 1 N–H and O–H groups in total. The summed E-state index contributed by atoms with van der Waals surface area (Å²) in [7, 11) is 0. The highest BCUT2D eigenvalue weighted by Gasteiger charge is 2.46. The second-order valence-corrected chi connectivity index (χ2v) is 6.27. The maximum absolute atomic E-state index is 13.3. The second kappa shape index (κ2) is 4.14. The van der Waals surface area contributed by atoms with Crippen LogP contribution in [0.1, 0.15) is 35.2 Å². The van der Waals surface area contributed by atoms with Crippen LogP contribution in [0.3, 0.4) is 0 Å². The van der Waals surface area contributed by atoms with Gasteiger partial charge >= 0.3 is 0 Å². The molecule has 0 aromatic heterocycles. The first-order chi connectivity index (χ1) is 9.24. The summed E-state index contributed by atoms with van der Waals surface area (Å²) in [6.45, 7) is 1.06. The number of rotatable bonds is 1. The number of carbonyl (C=O) groups excluding carboxylic acids is 1. The summed E-state index contributed by atoms with van der Waals surface area (Å²) in [5.41, 5.74) is 1.65. The van der Waals surface area contributed by atoms with Gasteiger partial charge in [0, 0.05) is 17.5 Å². The van der Waals surface area contributed by atoms with E-state index in [0.717, 1.165) is 23.6 Å². The van der Waals surface area contributed by atoms with Gasteiger partial charge in [0.05, 0.1) is 0 Å². The Hall–Kier alpha value is -1.22. The molecule has 0 bridgehead atoms. The van der Waals surface area contributed by atoms with Crippen molar-refractivity contribution in [2.24, 2.45) is 17.8 Å². The van der Waals surface area contributed by atoms with E-state index >= 15 is 0 Å². The Morgan fingerprint density at radius 3 is 3.05 bits per heavy atom. The Bertz CT molecular complexity index is 542. The van der Waals surface area contributed by atoms with E-state index in [-0.39, 0.29) is 17.5 Å². The number of Topliss-reactive ketones (excluding diaryl/α,β-unsaturated/α-hetero) is 1. The van der Waals surface area contributed by atoms with Gasteiger partial charge < -0.3 is 5.32 Å². The first kappa shape index (κ1) is 11.6. The molecule has 1 heterocycles. The van der Waals surface area contributed by atoms with Crippen LogP contribution in [0.2, 0.25) is 0 Å². The summed E-state index contributed by atoms with van der Waals surface area (Å²) in [4.78, 5) is 12.5. The first-order valence-corrected chi connectivity index (χ1v) is 7.30. The predicted octanol–water partition coefficient (Wildman–Crippen LogP) is 2.57. The molecule has 1 saturated carbocycles. The molecule has 0 radical (unpaired) electrons. The quantitative estimate of drug-likeness (QED) is 0.840. The molecule has 3 heteroatoms. The van der Waals surface area contributed by atoms with Crippen LogP contribution in [0.25, 0.3) is 0 Å². The molecule has 0 spiro atoms. The molecule has 2 fully saturated rings. The number of hydrogen-bond acceptors (Lipinski definition) is 2. The molecule has 19 heavy (non-hydrogen) atoms. The molecule has 4 unspecified atom stereocenters. The van der Waals surface area contributed by atoms with Crippen molar-refractivity contribution in [3.63, 3.8) is 0 Å². The lowest BCUT2D eigenvalue weighted by atomic mass is 9.84. The van der Waals surface area contributed by atoms with E-state index in [0.29, 0.717) is 18.4 Å². The van der Waals surface area contributed by atoms with E-state index in [1.807, 2.05) is 0 Å². The van der Waals surface area contributed by atoms with Crippen molar-refractivity contribution in [1.29, 1.82) is 0 Å². The van der Waals surface area contributed by atoms with Crippen LogP contribution in [0, 0.1) is 23.6 Å². The molecule has 4 rings (SSSR count). The standard InChI is InChI=1S/C16H18FNO/c17-11-4-5-13-10(6-11)7-14(16(13)19)15-12-3-1-2-9(12)8-18-15/h4-6,9,12,14-15,18H,1-3,7-8H2. The van der Waals surface area contributed by atoms with Crippen LogP contribution >= 0.6 is 0 Å². The molecule has 4 atom stereocenters. The Labute approximate surface area is 112 Å². The average Bonchev–Trinajstić information content (AvgIpc) is 3.04. The van der Waals surface area contributed by atoms with Crippen molar-refractivity contribution in [2.75, 3.05) is 6.54 Å². The molecule has 1 aromatic carbocycles. The van der Waals surface area contributed by atoms with Gasteiger partial charge in [-0.2, -0.15) is 0 Å². The third-order valence-electron chi connectivity index (χ3n) is 5.34. The summed E-state index contributed by atoms with van der Waals surface area (Å²) in [6.07, 6.45) is 4.57. The molecule has 0 amide bonds. The molecular formula is C16H18FNO. The van der Waals surface area contributed by atoms with E-state index < -0.39 is 0 Å². The number of nitrogens with one attached hydrogen (secondary N) is 1. The van der Waals surface area contributed by atoms with Crippen molar-refractivity contribution >= 4 is 5.78 Å². The number of ketones is 1. The van der Waals surface area contributed by atoms with Crippen LogP contribution < -0.4 is 5.32 Å². The first-order valence-electron chi connectivity index (χ1n) is 7.30. The van der Waals surface area contributed by atoms with Crippen molar-refractivity contribution in [1.82, 2.24) is 5.32 Å². The van der Waals surface area contributed by atoms with Crippen molar-refractivity contribution < 1.29 is 9.18 Å². The predicted molar refractivity (Wildman–Crippen MR) is 70.5 cm³/mol. The van der Waals surface area contributed by atoms with E-state index in [9.17, 15) is 9.18 Å². The van der Waals surface area contributed by atoms with Gasteiger partial charge in [0.2, 0.25) is 0 Å². The fourth-order valence-electron chi connectivity index (χ4n) is 4.46. The second-order valence-electron chi connectivity index (χ2n) is 6.27. The Morgan fingerprint density at radius 2 is 2.16 bits per heavy atom. The minimum atomic E-state index is -0.231. The fraction of sp³-hybridized carbons (Fsp3) is 0.562. The topological polar surface area (TPSA) is 29.1 Å². The van der Waals surface area contributed by atoms with E-state index in [1.54, 1.807) is 6.07 Å². The summed E-state index contributed by atoms with van der Waals surface area (Å²) < 4.78 is 13.3. The van der Waals surface area contributed by atoms with Gasteiger partial charge in [-0.15, -0.1) is 0 Å². The van der Waals surface area contributed by atoms with Gasteiger partial charge in [-0.1, -0.05) is 6.42 Å². The highest BCUT2D eigenvalue weighted by Crippen LogP contribution is 2.43. The van der Waals surface area contributed by atoms with Crippen LogP contribution in [0.5, 0.6) is 0 Å². The van der Waals surface area contributed by atoms with Crippen molar-refractivity contribution in [2.45, 2.75) is 31.7 Å². The Morgan fingerprint density at radius 1 is 1.26 bits per heavy atom. The number of carbonyl (C=O) groups is 1. The number of fused-ring (bicyclic) bond motifs is 2. The maximum Gasteiger partial charge on any atom is 0.168 e. The molecule has 2 aliphatic carbocycles. The lowest BCUT2D eigenvalue weighted by Crippen LogP contribution is -2.38. The summed E-state index contributed by atoms with van der Waals surface area (Å²) >= 11 is 0. The van der Waals surface area contributed by atoms with Gasteiger partial charge in [-0.3, -0.25) is 4.79 Å². The minimum absolute atomic E-state index is 0.0323. The van der Waals surface area contributed by atoms with Crippen LogP contribution in [0.15, 0.2) is 18.2 Å². The zero-order valence-corrected chi connectivity index (χ0v) is 10.9. The number of benzene rings is 1. The van der Waals surface area contributed by atoms with Crippen molar-refractivity contribution in [3.8, 4) is 0 Å². The number of hydrogen-bond donors (Lipinski definition) is 1. The van der Waals surface area contributed by atoms with Crippen LogP contribution in [-0.4, -0.2) is 18.4 Å². The number of halogens is 1. The maximum atomic E-state index is 13.3. The molecule has 1 aliphatic heterocycles. The largest absolute Gasteiger partial charge is 0.313 e. The van der Waals surface area contributed by atoms with E-state index in [1.165, 1.54) is 31.4 Å². The highest BCUT2D eigenvalue weighted by molar-refractivity contribution is 6.02. The van der Waals surface area contributed by atoms with E-state index in [2.05, 4.69) is 5.32 Å². The summed E-state index contributed by atoms with van der Waals surface area (Å²) in [5.74, 6) is 1.45. The third kappa shape index (κ3) is 1.68. The third-order valence-corrected chi connectivity index (χ3v) is 5.34. The molecule has 1 aromatic rings. The highest BCUT2D eigenvalue weighted by atomic mass is 19.1. The van der Waals surface area contributed by atoms with Gasteiger partial charge in [-0.05, 0) is 61.4 Å². The van der Waals surface area contributed by atoms with Crippen molar-refractivity contribution in [3.05, 3.63) is 35.1 Å². The smallest absolute Gasteiger partial charge is 0.168 e. The molecular weight excluding hydrogens is 241 g/mol. The normalized spacial score (nSPS) is 36.6. The molecule has 1 saturated heterocycles. The fourth-order valence-corrected chi connectivity index (χ4v) is 4.46. The van der Waals surface area contributed by atoms with Crippen LogP contribution in [-0.2, 0) is 6.42 Å². The molecule has 100 valence electrons. The minimum Gasteiger partial charge on any atom is -0.313 e.